The lowest BCUT2D eigenvalue weighted by Gasteiger charge is -2.28. The van der Waals surface area contributed by atoms with Gasteiger partial charge in [-0.05, 0) is 25.0 Å². The highest BCUT2D eigenvalue weighted by Crippen LogP contribution is 2.46. The summed E-state index contributed by atoms with van der Waals surface area (Å²) in [6, 6.07) is 6.31. The van der Waals surface area contributed by atoms with Gasteiger partial charge in [-0.25, -0.2) is 4.98 Å². The lowest BCUT2D eigenvalue weighted by Crippen LogP contribution is -2.47. The number of carbonyl (C=O) groups excluding carboxylic acids is 1. The molecule has 1 aromatic carbocycles. The van der Waals surface area contributed by atoms with Crippen LogP contribution in [0.2, 0.25) is 0 Å². The first-order valence-electron chi connectivity index (χ1n) is 7.73. The van der Waals surface area contributed by atoms with E-state index in [1.165, 1.54) is 6.07 Å². The first-order valence-corrected chi connectivity index (χ1v) is 8.54. The number of nitrogens with one attached hydrogen (secondary N) is 1. The molecule has 1 aliphatic carbocycles. The number of fused-ring (bicyclic) bond motifs is 1. The Balaban J connectivity index is 1.81. The van der Waals surface area contributed by atoms with Crippen LogP contribution in [0.25, 0.3) is 10.2 Å². The highest BCUT2D eigenvalue weighted by Gasteiger charge is 2.58. The summed E-state index contributed by atoms with van der Waals surface area (Å²) in [5.74, 6) is -2.19. The Kier molecular flexibility index (Phi) is 4.43. The molecule has 0 radical (unpaired) electrons. The van der Waals surface area contributed by atoms with Crippen molar-refractivity contribution in [3.63, 3.8) is 0 Å². The monoisotopic (exact) mass is 388 g/mol. The zero-order valence-corrected chi connectivity index (χ0v) is 14.2. The topological polar surface area (TPSA) is 99.5 Å². The molecule has 6 nitrogen and oxygen atoms in total. The van der Waals surface area contributed by atoms with Gasteiger partial charge in [-0.15, -0.1) is 11.3 Å². The number of rotatable bonds is 6. The van der Waals surface area contributed by atoms with Crippen LogP contribution in [-0.4, -0.2) is 39.8 Å². The summed E-state index contributed by atoms with van der Waals surface area (Å²) in [7, 11) is 0. The van der Waals surface area contributed by atoms with E-state index in [0.29, 0.717) is 34.4 Å². The summed E-state index contributed by atoms with van der Waals surface area (Å²) < 4.78 is 41.1. The molecule has 140 valence electrons. The minimum atomic E-state index is -5.12. The molecule has 26 heavy (non-hydrogen) atoms. The molecule has 1 fully saturated rings. The molecule has 1 atom stereocenters. The zero-order valence-electron chi connectivity index (χ0n) is 13.3. The van der Waals surface area contributed by atoms with Gasteiger partial charge in [-0.2, -0.15) is 13.2 Å². The van der Waals surface area contributed by atoms with E-state index in [1.54, 1.807) is 18.2 Å². The lowest BCUT2D eigenvalue weighted by atomic mass is 9.99. The number of halogens is 3. The highest BCUT2D eigenvalue weighted by molar-refractivity contribution is 7.18. The number of hydrogen-bond donors (Lipinski definition) is 3. The maximum Gasteiger partial charge on any atom is 0.424 e. The van der Waals surface area contributed by atoms with E-state index in [4.69, 9.17) is 5.11 Å². The number of benzene rings is 1. The van der Waals surface area contributed by atoms with Gasteiger partial charge in [0, 0.05) is 6.54 Å². The lowest BCUT2D eigenvalue weighted by molar-refractivity contribution is -0.267. The first-order chi connectivity index (χ1) is 12.1. The van der Waals surface area contributed by atoms with Crippen molar-refractivity contribution in [2.75, 3.05) is 6.54 Å². The van der Waals surface area contributed by atoms with Gasteiger partial charge in [0.2, 0.25) is 11.5 Å². The Morgan fingerprint density at radius 2 is 1.92 bits per heavy atom. The van der Waals surface area contributed by atoms with Gasteiger partial charge in [0.25, 0.3) is 0 Å². The van der Waals surface area contributed by atoms with Crippen molar-refractivity contribution in [1.29, 1.82) is 0 Å². The number of para-hydroxylation sites is 1. The molecule has 0 aliphatic heterocycles. The van der Waals surface area contributed by atoms with E-state index in [0.717, 1.165) is 0 Å². The SMILES string of the molecule is O=C(CC(O)(c1nc2ccccc2s1)C(F)(F)F)NCC1(C(=O)O)CC1. The third-order valence-corrected chi connectivity index (χ3v) is 5.65. The minimum absolute atomic E-state index is 0.269. The maximum atomic E-state index is 13.5. The Morgan fingerprint density at radius 1 is 1.27 bits per heavy atom. The predicted molar refractivity (Wildman–Crippen MR) is 86.5 cm³/mol. The van der Waals surface area contributed by atoms with Crippen molar-refractivity contribution in [3.05, 3.63) is 29.3 Å². The maximum absolute atomic E-state index is 13.5. The van der Waals surface area contributed by atoms with Crippen molar-refractivity contribution < 1.29 is 33.0 Å². The molecule has 1 saturated carbocycles. The van der Waals surface area contributed by atoms with Gasteiger partial charge in [-0.1, -0.05) is 12.1 Å². The van der Waals surface area contributed by atoms with Crippen molar-refractivity contribution in [2.45, 2.75) is 31.0 Å². The number of aliphatic hydroxyl groups is 1. The third kappa shape index (κ3) is 3.26. The summed E-state index contributed by atoms with van der Waals surface area (Å²) >= 11 is 0.659. The Hall–Kier alpha value is -2.20. The Labute approximate surface area is 149 Å². The number of nitrogens with zero attached hydrogens (tertiary/aromatic N) is 1. The van der Waals surface area contributed by atoms with Crippen molar-refractivity contribution in [2.24, 2.45) is 5.41 Å². The zero-order chi connectivity index (χ0) is 19.2. The standard InChI is InChI=1S/C16H15F3N2O4S/c17-16(18,19)15(25,12-21-9-3-1-2-4-10(9)26-12)7-11(22)20-8-14(5-6-14)13(23)24/h1-4,25H,5-8H2,(H,20,22)(H,23,24). The van der Waals surface area contributed by atoms with Gasteiger partial charge < -0.3 is 15.5 Å². The Bertz CT molecular complexity index is 830. The van der Waals surface area contributed by atoms with Crippen LogP contribution in [0.4, 0.5) is 13.2 Å². The van der Waals surface area contributed by atoms with Crippen molar-refractivity contribution in [3.8, 4) is 0 Å². The number of thiazole rings is 1. The van der Waals surface area contributed by atoms with E-state index in [1.807, 2.05) is 0 Å². The molecule has 1 amide bonds. The van der Waals surface area contributed by atoms with Gasteiger partial charge >= 0.3 is 12.1 Å². The summed E-state index contributed by atoms with van der Waals surface area (Å²) in [5, 5.41) is 20.9. The van der Waals surface area contributed by atoms with Crippen LogP contribution in [0.3, 0.4) is 0 Å². The summed E-state index contributed by atoms with van der Waals surface area (Å²) in [4.78, 5) is 26.9. The van der Waals surface area contributed by atoms with E-state index >= 15 is 0 Å². The van der Waals surface area contributed by atoms with Crippen LogP contribution in [0.15, 0.2) is 24.3 Å². The summed E-state index contributed by atoms with van der Waals surface area (Å²) in [6.45, 7) is -0.269. The molecule has 2 aromatic rings. The number of carbonyl (C=O) groups is 2. The number of carboxylic acid groups (broad SMARTS) is 1. The smallest absolute Gasteiger partial charge is 0.424 e. The molecule has 0 saturated heterocycles. The van der Waals surface area contributed by atoms with Gasteiger partial charge in [0.15, 0.2) is 0 Å². The first kappa shape index (κ1) is 18.6. The third-order valence-electron chi connectivity index (χ3n) is 4.46. The molecule has 1 aromatic heterocycles. The molecule has 1 unspecified atom stereocenters. The molecular formula is C16H15F3N2O4S. The molecule has 0 spiro atoms. The largest absolute Gasteiger partial charge is 0.481 e. The fraction of sp³-hybridized carbons (Fsp3) is 0.438. The van der Waals surface area contributed by atoms with Crippen LogP contribution >= 0.6 is 11.3 Å². The molecule has 3 N–H and O–H groups in total. The quantitative estimate of drug-likeness (QED) is 0.706. The highest BCUT2D eigenvalue weighted by atomic mass is 32.1. The number of alkyl halides is 3. The predicted octanol–water partition coefficient (Wildman–Crippen LogP) is 2.42. The van der Waals surface area contributed by atoms with Crippen LogP contribution in [0.5, 0.6) is 0 Å². The van der Waals surface area contributed by atoms with Gasteiger partial charge in [0.05, 0.1) is 22.1 Å². The molecule has 0 bridgehead atoms. The number of aromatic nitrogens is 1. The second kappa shape index (κ2) is 6.20. The minimum Gasteiger partial charge on any atom is -0.481 e. The second-order valence-electron chi connectivity index (χ2n) is 6.38. The number of carboxylic acids is 1. The number of amides is 1. The fourth-order valence-corrected chi connectivity index (χ4v) is 3.60. The van der Waals surface area contributed by atoms with Crippen molar-refractivity contribution in [1.82, 2.24) is 10.3 Å². The summed E-state index contributed by atoms with van der Waals surface area (Å²) in [6.07, 6.45) is -5.71. The molecule has 1 heterocycles. The second-order valence-corrected chi connectivity index (χ2v) is 7.41. The van der Waals surface area contributed by atoms with E-state index in [9.17, 15) is 27.9 Å². The number of hydrogen-bond acceptors (Lipinski definition) is 5. The number of aliphatic carboxylic acids is 1. The van der Waals surface area contributed by atoms with Crippen LogP contribution in [-0.2, 0) is 15.2 Å². The van der Waals surface area contributed by atoms with Crippen LogP contribution < -0.4 is 5.32 Å². The average molecular weight is 388 g/mol. The van der Waals surface area contributed by atoms with Gasteiger partial charge in [-0.3, -0.25) is 9.59 Å². The summed E-state index contributed by atoms with van der Waals surface area (Å²) in [5.41, 5.74) is -4.26. The van der Waals surface area contributed by atoms with E-state index in [-0.39, 0.29) is 6.54 Å². The van der Waals surface area contributed by atoms with Crippen LogP contribution in [0.1, 0.15) is 24.3 Å². The Morgan fingerprint density at radius 3 is 2.46 bits per heavy atom. The molecular weight excluding hydrogens is 373 g/mol. The van der Waals surface area contributed by atoms with Gasteiger partial charge in [0.1, 0.15) is 5.01 Å². The molecule has 3 rings (SSSR count). The molecule has 1 aliphatic rings. The van der Waals surface area contributed by atoms with Crippen LogP contribution in [0, 0.1) is 5.41 Å². The van der Waals surface area contributed by atoms with E-state index < -0.39 is 40.5 Å². The normalized spacial score (nSPS) is 18.3. The molecule has 10 heteroatoms. The van der Waals surface area contributed by atoms with E-state index in [2.05, 4.69) is 10.3 Å². The van der Waals surface area contributed by atoms with Crippen molar-refractivity contribution >= 4 is 33.4 Å². The fourth-order valence-electron chi connectivity index (χ4n) is 2.53. The average Bonchev–Trinajstić information content (AvgIpc) is 3.22.